The molecule has 3 amide bonds. The molecule has 3 rings (SSSR count). The highest BCUT2D eigenvalue weighted by Crippen LogP contribution is 2.20. The van der Waals surface area contributed by atoms with Gasteiger partial charge in [0.1, 0.15) is 6.61 Å². The third kappa shape index (κ3) is 8.26. The Labute approximate surface area is 216 Å². The number of carboxylic acid groups (broad SMARTS) is 1. The molecule has 0 unspecified atom stereocenters. The average molecular weight is 513 g/mol. The molecule has 200 valence electrons. The van der Waals surface area contributed by atoms with Crippen LogP contribution in [0.2, 0.25) is 0 Å². The third-order valence-corrected chi connectivity index (χ3v) is 6.61. The standard InChI is InChI=1S/C27H36N4O6/c32-19-23(33)10-2-1-5-18-30(27(36)37)31(29-26(35)22-14-16-28-17-15-22)25(34)13-12-21-9-6-8-20-7-3-4-11-24(20)21/h3-4,6-9,11,22,28,32H,1-2,5,10,12-19H2,(H,29,35)(H,36,37). The van der Waals surface area contributed by atoms with Gasteiger partial charge in [0.2, 0.25) is 5.91 Å². The van der Waals surface area contributed by atoms with E-state index in [1.54, 1.807) is 0 Å². The van der Waals surface area contributed by atoms with E-state index in [-0.39, 0.29) is 37.0 Å². The summed E-state index contributed by atoms with van der Waals surface area (Å²) in [4.78, 5) is 49.8. The van der Waals surface area contributed by atoms with Gasteiger partial charge in [-0.2, -0.15) is 10.1 Å². The van der Waals surface area contributed by atoms with E-state index in [1.807, 2.05) is 42.5 Å². The fourth-order valence-electron chi connectivity index (χ4n) is 4.52. The summed E-state index contributed by atoms with van der Waals surface area (Å²) in [7, 11) is 0. The lowest BCUT2D eigenvalue weighted by molar-refractivity contribution is -0.161. The minimum atomic E-state index is -1.35. The molecular formula is C27H36N4O6. The Morgan fingerprint density at radius 3 is 2.41 bits per heavy atom. The molecule has 1 aliphatic heterocycles. The highest BCUT2D eigenvalue weighted by molar-refractivity contribution is 5.87. The maximum atomic E-state index is 13.4. The fraction of sp³-hybridized carbons (Fsp3) is 0.481. The van der Waals surface area contributed by atoms with Gasteiger partial charge in [0, 0.05) is 25.3 Å². The Balaban J connectivity index is 1.71. The van der Waals surface area contributed by atoms with Crippen LogP contribution >= 0.6 is 0 Å². The molecule has 0 aliphatic carbocycles. The number of carbonyl (C=O) groups is 4. The number of piperidine rings is 1. The molecule has 0 saturated carbocycles. The number of ketones is 1. The first kappa shape index (κ1) is 28.1. The van der Waals surface area contributed by atoms with Gasteiger partial charge in [-0.15, -0.1) is 0 Å². The molecule has 2 aromatic rings. The number of amides is 3. The monoisotopic (exact) mass is 512 g/mol. The number of aliphatic hydroxyl groups is 1. The Morgan fingerprint density at radius 2 is 1.68 bits per heavy atom. The molecule has 0 spiro atoms. The summed E-state index contributed by atoms with van der Waals surface area (Å²) in [5.41, 5.74) is 3.55. The van der Waals surface area contributed by atoms with Gasteiger partial charge in [-0.25, -0.2) is 10.2 Å². The van der Waals surface area contributed by atoms with Crippen molar-refractivity contribution in [2.45, 2.75) is 51.4 Å². The number of rotatable bonds is 11. The van der Waals surface area contributed by atoms with Crippen molar-refractivity contribution in [2.75, 3.05) is 26.2 Å². The zero-order valence-corrected chi connectivity index (χ0v) is 21.0. The van der Waals surface area contributed by atoms with Crippen molar-refractivity contribution in [3.63, 3.8) is 0 Å². The van der Waals surface area contributed by atoms with Crippen LogP contribution in [0.1, 0.15) is 50.5 Å². The lowest BCUT2D eigenvalue weighted by atomic mass is 9.98. The highest BCUT2D eigenvalue weighted by Gasteiger charge is 2.30. The van der Waals surface area contributed by atoms with Crippen LogP contribution in [-0.4, -0.2) is 70.3 Å². The smallest absolute Gasteiger partial charge is 0.427 e. The second-order valence-electron chi connectivity index (χ2n) is 9.26. The van der Waals surface area contributed by atoms with Crippen molar-refractivity contribution < 1.29 is 29.4 Å². The number of carbonyl (C=O) groups excluding carboxylic acids is 3. The van der Waals surface area contributed by atoms with E-state index in [0.717, 1.165) is 26.5 Å². The van der Waals surface area contributed by atoms with E-state index in [9.17, 15) is 24.3 Å². The maximum absolute atomic E-state index is 13.4. The molecule has 10 nitrogen and oxygen atoms in total. The van der Waals surface area contributed by atoms with Crippen LogP contribution in [0.3, 0.4) is 0 Å². The largest absolute Gasteiger partial charge is 0.464 e. The van der Waals surface area contributed by atoms with Crippen LogP contribution in [0.15, 0.2) is 42.5 Å². The van der Waals surface area contributed by atoms with E-state index < -0.39 is 18.6 Å². The number of nitrogens with one attached hydrogen (secondary N) is 2. The summed E-state index contributed by atoms with van der Waals surface area (Å²) in [5.74, 6) is -1.47. The van der Waals surface area contributed by atoms with E-state index >= 15 is 0 Å². The quantitative estimate of drug-likeness (QED) is 0.268. The number of fused-ring (bicyclic) bond motifs is 1. The highest BCUT2D eigenvalue weighted by atomic mass is 16.4. The first-order chi connectivity index (χ1) is 17.9. The first-order valence-corrected chi connectivity index (χ1v) is 12.8. The van der Waals surface area contributed by atoms with E-state index in [1.165, 1.54) is 0 Å². The Hall–Kier alpha value is -3.50. The zero-order chi connectivity index (χ0) is 26.6. The van der Waals surface area contributed by atoms with E-state index in [0.29, 0.717) is 51.6 Å². The SMILES string of the molecule is O=C(CO)CCCCCN(C(=O)O)N(NC(=O)C1CCNCC1)C(=O)CCc1cccc2ccccc12. The van der Waals surface area contributed by atoms with E-state index in [4.69, 9.17) is 5.11 Å². The van der Waals surface area contributed by atoms with Gasteiger partial charge in [0.25, 0.3) is 5.91 Å². The lowest BCUT2D eigenvalue weighted by Gasteiger charge is -2.34. The van der Waals surface area contributed by atoms with Crippen molar-refractivity contribution in [1.82, 2.24) is 20.9 Å². The molecule has 0 atom stereocenters. The molecule has 37 heavy (non-hydrogen) atoms. The summed E-state index contributed by atoms with van der Waals surface area (Å²) < 4.78 is 0. The van der Waals surface area contributed by atoms with Crippen LogP contribution in [0, 0.1) is 5.92 Å². The van der Waals surface area contributed by atoms with Crippen LogP contribution < -0.4 is 10.7 Å². The number of benzene rings is 2. The lowest BCUT2D eigenvalue weighted by Crippen LogP contribution is -2.59. The second-order valence-corrected chi connectivity index (χ2v) is 9.26. The molecule has 2 aromatic carbocycles. The van der Waals surface area contributed by atoms with Crippen molar-refractivity contribution in [2.24, 2.45) is 5.92 Å². The van der Waals surface area contributed by atoms with E-state index in [2.05, 4.69) is 10.7 Å². The van der Waals surface area contributed by atoms with Crippen LogP contribution in [0.4, 0.5) is 4.79 Å². The summed E-state index contributed by atoms with van der Waals surface area (Å²) in [6.07, 6.45) is 1.90. The molecule has 1 saturated heterocycles. The molecule has 1 fully saturated rings. The van der Waals surface area contributed by atoms with Gasteiger partial charge in [0.15, 0.2) is 5.78 Å². The molecule has 1 aliphatic rings. The second kappa shape index (κ2) is 14.3. The van der Waals surface area contributed by atoms with Crippen molar-refractivity contribution in [3.05, 3.63) is 48.0 Å². The summed E-state index contributed by atoms with van der Waals surface area (Å²) in [6.45, 7) is 0.836. The summed E-state index contributed by atoms with van der Waals surface area (Å²) >= 11 is 0. The minimum Gasteiger partial charge on any atom is -0.464 e. The number of aliphatic hydroxyl groups excluding tert-OH is 1. The number of aryl methyl sites for hydroxylation is 1. The Kier molecular flexibility index (Phi) is 10.8. The first-order valence-electron chi connectivity index (χ1n) is 12.8. The average Bonchev–Trinajstić information content (AvgIpc) is 2.92. The topological polar surface area (TPSA) is 139 Å². The third-order valence-electron chi connectivity index (χ3n) is 6.61. The maximum Gasteiger partial charge on any atom is 0.427 e. The Morgan fingerprint density at radius 1 is 0.946 bits per heavy atom. The number of nitrogens with zero attached hydrogens (tertiary/aromatic N) is 2. The molecule has 10 heteroatoms. The van der Waals surface area contributed by atoms with Gasteiger partial charge < -0.3 is 15.5 Å². The van der Waals surface area contributed by atoms with Crippen molar-refractivity contribution in [3.8, 4) is 0 Å². The van der Waals surface area contributed by atoms with Gasteiger partial charge in [0.05, 0.1) is 0 Å². The number of Topliss-reactive ketones (excluding diaryl/α,β-unsaturated/α-hetero) is 1. The Bertz CT molecular complexity index is 1080. The van der Waals surface area contributed by atoms with Crippen molar-refractivity contribution in [1.29, 1.82) is 0 Å². The number of unbranched alkanes of at least 4 members (excludes halogenated alkanes) is 2. The molecule has 0 aromatic heterocycles. The predicted molar refractivity (Wildman–Crippen MR) is 138 cm³/mol. The molecule has 4 N–H and O–H groups in total. The molecule has 0 bridgehead atoms. The number of hydrazine groups is 2. The number of hydrogen-bond donors (Lipinski definition) is 4. The van der Waals surface area contributed by atoms with Crippen molar-refractivity contribution >= 4 is 34.5 Å². The van der Waals surface area contributed by atoms with Gasteiger partial charge >= 0.3 is 6.09 Å². The predicted octanol–water partition coefficient (Wildman–Crippen LogP) is 2.65. The normalized spacial score (nSPS) is 13.8. The van der Waals surface area contributed by atoms with Crippen LogP contribution in [-0.2, 0) is 20.8 Å². The molecule has 1 heterocycles. The van der Waals surface area contributed by atoms with Crippen LogP contribution in [0.5, 0.6) is 0 Å². The summed E-state index contributed by atoms with van der Waals surface area (Å²) in [6, 6.07) is 13.7. The van der Waals surface area contributed by atoms with Gasteiger partial charge in [-0.05, 0) is 61.5 Å². The van der Waals surface area contributed by atoms with Gasteiger partial charge in [-0.1, -0.05) is 48.9 Å². The van der Waals surface area contributed by atoms with Gasteiger partial charge in [-0.3, -0.25) is 14.4 Å². The summed E-state index contributed by atoms with van der Waals surface area (Å²) in [5, 5.41) is 25.7. The fourth-order valence-corrected chi connectivity index (χ4v) is 4.52. The van der Waals surface area contributed by atoms with Crippen LogP contribution in [0.25, 0.3) is 10.8 Å². The molecule has 0 radical (unpaired) electrons. The molecular weight excluding hydrogens is 476 g/mol. The number of hydrogen-bond acceptors (Lipinski definition) is 6. The zero-order valence-electron chi connectivity index (χ0n) is 21.0. The minimum absolute atomic E-state index is 0.00922.